The van der Waals surface area contributed by atoms with Crippen LogP contribution in [0.15, 0.2) is 0 Å². The van der Waals surface area contributed by atoms with Gasteiger partial charge >= 0.3 is 76.3 Å². The third-order valence-electron chi connectivity index (χ3n) is 9.06. The average molecular weight is 953 g/mol. The summed E-state index contributed by atoms with van der Waals surface area (Å²) in [4.78, 5) is 124. The molecular formula is C38H53AlO26. The van der Waals surface area contributed by atoms with Crippen molar-refractivity contribution in [2.45, 2.75) is 161 Å². The molecule has 0 saturated carbocycles. The molecule has 0 aromatic heterocycles. The smallest absolute Gasteiger partial charge is 0.413 e. The SMILES string of the molecule is CC(=O)OCC1O[C@@H](O[C@@H]2C(COC(C)=O)O[C@@H](O[C@@H]3C(COC(C)=O)O[C@H]([O][AlH2])C(OC(C)=O)[C@@H]3OC(C)=O)C(OC(C)=O)[C@@H]2OC(C)=O)C(OC(C)=O)[C@@H](OC(C)=O)[C@@H]1OC(C)=O. The molecule has 65 heavy (non-hydrogen) atoms. The molecule has 3 fully saturated rings. The molecule has 0 aliphatic carbocycles. The van der Waals surface area contributed by atoms with Gasteiger partial charge in [0.05, 0.1) is 0 Å². The van der Waals surface area contributed by atoms with Crippen LogP contribution in [0.5, 0.6) is 0 Å². The summed E-state index contributed by atoms with van der Waals surface area (Å²) in [5.74, 6) is -9.26. The maximum absolute atomic E-state index is 12.9. The highest BCUT2D eigenvalue weighted by molar-refractivity contribution is 5.98. The standard InChI is InChI=1S/C38H51O26.Al.2H/c1-14(39)50-11-24-28(30(54-18(5)43)33(36(49)60-24)57-21(8)46)63-38-35(59-23(10)48)32(56-20(7)45)29(26(62-38)13-52-16(3)41)64-37-34(58-22(9)47)31(55-19(6)44)27(53-17(4)42)25(61-37)12-51-15(2)40;;;/h24-38H,11-13H2,1-10H3;;;/q-1;+1;;/t24?,25?,26?,27-,28-,29-,30-,31+,32-,33?,34?,35?,36+,37+,38+;;;/m1.../s1. The van der Waals surface area contributed by atoms with Crippen LogP contribution in [0, 0.1) is 0 Å². The molecule has 15 atom stereocenters. The van der Waals surface area contributed by atoms with Gasteiger partial charge in [0.25, 0.3) is 0 Å². The van der Waals surface area contributed by atoms with Gasteiger partial charge in [-0.25, -0.2) is 0 Å². The Morgan fingerprint density at radius 1 is 0.323 bits per heavy atom. The summed E-state index contributed by atoms with van der Waals surface area (Å²) in [5, 5.41) is 0. The van der Waals surface area contributed by atoms with Crippen molar-refractivity contribution in [3.05, 3.63) is 0 Å². The van der Waals surface area contributed by atoms with Crippen molar-refractivity contribution in [1.82, 2.24) is 0 Å². The zero-order valence-electron chi connectivity index (χ0n) is 37.4. The maximum atomic E-state index is 12.9. The summed E-state index contributed by atoms with van der Waals surface area (Å²) in [6.07, 6.45) is -25.7. The Morgan fingerprint density at radius 2 is 0.554 bits per heavy atom. The van der Waals surface area contributed by atoms with Gasteiger partial charge < -0.3 is 74.8 Å². The summed E-state index contributed by atoms with van der Waals surface area (Å²) in [5.41, 5.74) is 0. The fourth-order valence-electron chi connectivity index (χ4n) is 6.95. The second-order valence-corrected chi connectivity index (χ2v) is 15.0. The van der Waals surface area contributed by atoms with E-state index in [9.17, 15) is 47.9 Å². The molecule has 3 heterocycles. The van der Waals surface area contributed by atoms with Crippen LogP contribution in [0.1, 0.15) is 69.2 Å². The Bertz CT molecular complexity index is 1750. The van der Waals surface area contributed by atoms with Gasteiger partial charge in [-0.15, -0.1) is 0 Å². The van der Waals surface area contributed by atoms with Crippen LogP contribution in [0.2, 0.25) is 0 Å². The highest BCUT2D eigenvalue weighted by Crippen LogP contribution is 2.38. The van der Waals surface area contributed by atoms with Crippen molar-refractivity contribution >= 4 is 76.3 Å². The largest absolute Gasteiger partial charge is 0.481 e. The lowest BCUT2D eigenvalue weighted by molar-refractivity contribution is -0.377. The molecule has 0 N–H and O–H groups in total. The third-order valence-corrected chi connectivity index (χ3v) is 9.52. The monoisotopic (exact) mass is 952 g/mol. The lowest BCUT2D eigenvalue weighted by Gasteiger charge is -2.50. The predicted molar refractivity (Wildman–Crippen MR) is 204 cm³/mol. The third kappa shape index (κ3) is 16.4. The van der Waals surface area contributed by atoms with Crippen LogP contribution >= 0.6 is 0 Å². The second-order valence-electron chi connectivity index (χ2n) is 14.5. The van der Waals surface area contributed by atoms with Gasteiger partial charge in [0.15, 0.2) is 61.6 Å². The molecule has 3 aliphatic heterocycles. The normalized spacial score (nSPS) is 31.9. The molecule has 0 radical (unpaired) electrons. The van der Waals surface area contributed by atoms with Crippen molar-refractivity contribution in [1.29, 1.82) is 0 Å². The number of esters is 10. The van der Waals surface area contributed by atoms with Crippen LogP contribution in [-0.4, -0.2) is 188 Å². The van der Waals surface area contributed by atoms with E-state index in [2.05, 4.69) is 0 Å². The van der Waals surface area contributed by atoms with Crippen molar-refractivity contribution in [2.75, 3.05) is 19.8 Å². The summed E-state index contributed by atoms with van der Waals surface area (Å²) in [7, 11) is 0. The van der Waals surface area contributed by atoms with E-state index in [0.29, 0.717) is 0 Å². The Kier molecular flexibility index (Phi) is 20.9. The van der Waals surface area contributed by atoms with E-state index in [4.69, 9.17) is 74.8 Å². The first-order valence-corrected chi connectivity index (χ1v) is 20.6. The van der Waals surface area contributed by atoms with Crippen molar-refractivity contribution in [3.63, 3.8) is 0 Å². The molecule has 3 aliphatic rings. The van der Waals surface area contributed by atoms with E-state index in [1.165, 1.54) is 0 Å². The number of hydrogen-bond acceptors (Lipinski definition) is 26. The Labute approximate surface area is 379 Å². The number of carbonyl (C=O) groups is 10. The maximum Gasteiger partial charge on any atom is 0.413 e. The minimum atomic E-state index is -1.98. The van der Waals surface area contributed by atoms with Crippen LogP contribution < -0.4 is 0 Å². The van der Waals surface area contributed by atoms with Crippen LogP contribution in [0.3, 0.4) is 0 Å². The molecule has 6 unspecified atom stereocenters. The molecule has 27 heteroatoms. The topological polar surface area (TPSA) is 318 Å². The Hall–Kier alpha value is -5.01. The second kappa shape index (κ2) is 25.1. The molecule has 0 amide bonds. The van der Waals surface area contributed by atoms with Crippen molar-refractivity contribution < 1.29 is 123 Å². The van der Waals surface area contributed by atoms with Crippen molar-refractivity contribution in [2.24, 2.45) is 0 Å². The molecule has 0 aromatic carbocycles. The Morgan fingerprint density at radius 3 is 0.831 bits per heavy atom. The lowest BCUT2D eigenvalue weighted by Crippen LogP contribution is -2.69. The summed E-state index contributed by atoms with van der Waals surface area (Å²) < 4.78 is 91.1. The zero-order chi connectivity index (χ0) is 48.9. The van der Waals surface area contributed by atoms with Gasteiger partial charge in [0.1, 0.15) is 50.3 Å². The van der Waals surface area contributed by atoms with E-state index in [-0.39, 0.29) is 16.6 Å². The highest BCUT2D eigenvalue weighted by Gasteiger charge is 2.60. The van der Waals surface area contributed by atoms with Gasteiger partial charge in [-0.1, -0.05) is 0 Å². The zero-order valence-corrected chi connectivity index (χ0v) is 39.4. The van der Waals surface area contributed by atoms with Gasteiger partial charge in [-0.2, -0.15) is 0 Å². The lowest BCUT2D eigenvalue weighted by atomic mass is 9.95. The van der Waals surface area contributed by atoms with E-state index in [0.717, 1.165) is 69.2 Å². The molecule has 0 aromatic rings. The fraction of sp³-hybridized carbons (Fsp3) is 0.737. The summed E-state index contributed by atoms with van der Waals surface area (Å²) >= 11 is -0.0177. The van der Waals surface area contributed by atoms with Gasteiger partial charge in [-0.05, 0) is 0 Å². The van der Waals surface area contributed by atoms with Crippen molar-refractivity contribution in [3.8, 4) is 0 Å². The first-order valence-electron chi connectivity index (χ1n) is 19.8. The molecular weight excluding hydrogens is 899 g/mol. The summed E-state index contributed by atoms with van der Waals surface area (Å²) in [6.45, 7) is 8.08. The van der Waals surface area contributed by atoms with Gasteiger partial charge in [-0.3, -0.25) is 47.9 Å². The highest BCUT2D eigenvalue weighted by atomic mass is 27.1. The number of hydrogen-bond donors (Lipinski definition) is 0. The molecule has 26 nitrogen and oxygen atoms in total. The molecule has 3 saturated heterocycles. The van der Waals surface area contributed by atoms with E-state index in [1.54, 1.807) is 0 Å². The minimum absolute atomic E-state index is 0.0177. The van der Waals surface area contributed by atoms with Gasteiger partial charge in [0.2, 0.25) is 0 Å². The molecule has 3 rings (SSSR count). The van der Waals surface area contributed by atoms with E-state index < -0.39 is 172 Å². The van der Waals surface area contributed by atoms with Gasteiger partial charge in [0, 0.05) is 69.2 Å². The fourth-order valence-corrected chi connectivity index (χ4v) is 7.32. The van der Waals surface area contributed by atoms with Crippen LogP contribution in [0.4, 0.5) is 0 Å². The van der Waals surface area contributed by atoms with Crippen LogP contribution in [-0.2, 0) is 123 Å². The van der Waals surface area contributed by atoms with E-state index >= 15 is 0 Å². The molecule has 0 spiro atoms. The summed E-state index contributed by atoms with van der Waals surface area (Å²) in [6, 6.07) is 0. The number of carbonyl (C=O) groups excluding carboxylic acids is 10. The number of ether oxygens (including phenoxy) is 15. The molecule has 364 valence electrons. The molecule has 0 bridgehead atoms. The first kappa shape index (κ1) is 54.3. The predicted octanol–water partition coefficient (Wildman–Crippen LogP) is -2.29. The first-order chi connectivity index (χ1) is 30.4. The minimum Gasteiger partial charge on any atom is -0.481 e. The Balaban J connectivity index is 2.29. The van der Waals surface area contributed by atoms with E-state index in [1.807, 2.05) is 0 Å². The quantitative estimate of drug-likeness (QED) is 0.0793. The average Bonchev–Trinajstić information content (AvgIpc) is 3.17. The number of rotatable bonds is 18. The van der Waals surface area contributed by atoms with Crippen LogP contribution in [0.25, 0.3) is 0 Å².